The summed E-state index contributed by atoms with van der Waals surface area (Å²) in [5, 5.41) is 10.9. The predicted molar refractivity (Wildman–Crippen MR) is 123 cm³/mol. The highest BCUT2D eigenvalue weighted by molar-refractivity contribution is 6.04. The fourth-order valence-corrected chi connectivity index (χ4v) is 3.14. The van der Waals surface area contributed by atoms with Gasteiger partial charge in [0.05, 0.1) is 24.5 Å². The molecule has 4 aromatic rings. The second-order valence-corrected chi connectivity index (χ2v) is 7.76. The van der Waals surface area contributed by atoms with Crippen LogP contribution in [0.1, 0.15) is 24.3 Å². The Bertz CT molecular complexity index is 1280. The van der Waals surface area contributed by atoms with E-state index in [1.54, 1.807) is 57.5 Å². The Morgan fingerprint density at radius 1 is 0.938 bits per heavy atom. The number of carbonyl (C=O) groups is 2. The molecule has 2 N–H and O–H groups in total. The van der Waals surface area contributed by atoms with Gasteiger partial charge in [-0.1, -0.05) is 24.3 Å². The molecule has 4 rings (SSSR count). The maximum Gasteiger partial charge on any atom is 0.274 e. The number of ether oxygens (including phenoxy) is 1. The molecular weight excluding hydrogens is 406 g/mol. The molecule has 0 saturated carbocycles. The number of carbonyl (C=O) groups excluding carboxylic acids is 2. The SMILES string of the molecule is COc1ccc(NC(=O)C(C)(C)n2cc(NC(=O)c3ccc4ccccc4n3)cn2)cc1. The highest BCUT2D eigenvalue weighted by Crippen LogP contribution is 2.22. The van der Waals surface area contributed by atoms with E-state index < -0.39 is 5.54 Å². The van der Waals surface area contributed by atoms with E-state index in [2.05, 4.69) is 20.7 Å². The highest BCUT2D eigenvalue weighted by Gasteiger charge is 2.31. The molecule has 8 nitrogen and oxygen atoms in total. The summed E-state index contributed by atoms with van der Waals surface area (Å²) in [7, 11) is 1.58. The summed E-state index contributed by atoms with van der Waals surface area (Å²) in [5.41, 5.74) is 1.16. The number of methoxy groups -OCH3 is 1. The molecule has 2 heterocycles. The molecule has 0 unspecified atom stereocenters. The average molecular weight is 429 g/mol. The Labute approximate surface area is 185 Å². The lowest BCUT2D eigenvalue weighted by atomic mass is 10.0. The minimum atomic E-state index is -0.996. The first-order chi connectivity index (χ1) is 15.4. The minimum absolute atomic E-state index is 0.250. The third-order valence-electron chi connectivity index (χ3n) is 5.15. The van der Waals surface area contributed by atoms with Gasteiger partial charge in [-0.05, 0) is 50.2 Å². The lowest BCUT2D eigenvalue weighted by molar-refractivity contribution is -0.123. The monoisotopic (exact) mass is 429 g/mol. The topological polar surface area (TPSA) is 98.1 Å². The summed E-state index contributed by atoms with van der Waals surface area (Å²) < 4.78 is 6.64. The minimum Gasteiger partial charge on any atom is -0.497 e. The quantitative estimate of drug-likeness (QED) is 0.482. The van der Waals surface area contributed by atoms with E-state index in [-0.39, 0.29) is 11.8 Å². The highest BCUT2D eigenvalue weighted by atomic mass is 16.5. The molecule has 8 heteroatoms. The molecule has 0 bridgehead atoms. The molecule has 162 valence electrons. The van der Waals surface area contributed by atoms with Crippen LogP contribution in [0.25, 0.3) is 10.9 Å². The molecule has 32 heavy (non-hydrogen) atoms. The van der Waals surface area contributed by atoms with Crippen LogP contribution < -0.4 is 15.4 Å². The number of aromatic nitrogens is 3. The van der Waals surface area contributed by atoms with Crippen molar-refractivity contribution in [2.45, 2.75) is 19.4 Å². The number of amides is 2. The van der Waals surface area contributed by atoms with E-state index in [1.165, 1.54) is 10.9 Å². The van der Waals surface area contributed by atoms with Crippen molar-refractivity contribution >= 4 is 34.1 Å². The first-order valence-corrected chi connectivity index (χ1v) is 10.0. The third kappa shape index (κ3) is 4.29. The van der Waals surface area contributed by atoms with Gasteiger partial charge in [0.25, 0.3) is 11.8 Å². The molecular formula is C24H23N5O3. The van der Waals surface area contributed by atoms with Crippen LogP contribution in [0.3, 0.4) is 0 Å². The number of rotatable bonds is 6. The lowest BCUT2D eigenvalue weighted by Gasteiger charge is -2.24. The zero-order valence-corrected chi connectivity index (χ0v) is 18.0. The van der Waals surface area contributed by atoms with E-state index in [1.807, 2.05) is 30.3 Å². The van der Waals surface area contributed by atoms with Crippen molar-refractivity contribution in [3.63, 3.8) is 0 Å². The Hall–Kier alpha value is -4.20. The fraction of sp³-hybridized carbons (Fsp3) is 0.167. The molecule has 0 aliphatic heterocycles. The van der Waals surface area contributed by atoms with Crippen LogP contribution in [-0.4, -0.2) is 33.7 Å². The van der Waals surface area contributed by atoms with Crippen LogP contribution >= 0.6 is 0 Å². The Kier molecular flexibility index (Phi) is 5.59. The van der Waals surface area contributed by atoms with E-state index in [4.69, 9.17) is 4.74 Å². The number of nitrogens with zero attached hydrogens (tertiary/aromatic N) is 3. The molecule has 0 spiro atoms. The van der Waals surface area contributed by atoms with Crippen LogP contribution in [0.4, 0.5) is 11.4 Å². The number of para-hydroxylation sites is 1. The molecule has 0 atom stereocenters. The summed E-state index contributed by atoms with van der Waals surface area (Å²) in [5.74, 6) is 0.103. The zero-order chi connectivity index (χ0) is 22.7. The Morgan fingerprint density at radius 2 is 1.69 bits per heavy atom. The lowest BCUT2D eigenvalue weighted by Crippen LogP contribution is -2.40. The van der Waals surface area contributed by atoms with E-state index in [0.717, 1.165) is 10.9 Å². The smallest absolute Gasteiger partial charge is 0.274 e. The Balaban J connectivity index is 1.46. The molecule has 2 aromatic heterocycles. The van der Waals surface area contributed by atoms with Crippen molar-refractivity contribution in [1.29, 1.82) is 0 Å². The third-order valence-corrected chi connectivity index (χ3v) is 5.15. The van der Waals surface area contributed by atoms with Crippen molar-refractivity contribution in [3.05, 3.63) is 78.8 Å². The van der Waals surface area contributed by atoms with Crippen LogP contribution in [0.15, 0.2) is 73.1 Å². The first-order valence-electron chi connectivity index (χ1n) is 10.0. The number of hydrogen-bond donors (Lipinski definition) is 2. The Morgan fingerprint density at radius 3 is 2.44 bits per heavy atom. The van der Waals surface area contributed by atoms with E-state index >= 15 is 0 Å². The standard InChI is InChI=1S/C24H23N5O3/c1-24(2,23(31)27-17-9-11-19(32-3)12-10-17)29-15-18(14-25-29)26-22(30)21-13-8-16-6-4-5-7-20(16)28-21/h4-15H,1-3H3,(H,26,30)(H,27,31). The van der Waals surface area contributed by atoms with Gasteiger partial charge < -0.3 is 15.4 Å². The normalized spacial score (nSPS) is 11.2. The molecule has 0 saturated heterocycles. The zero-order valence-electron chi connectivity index (χ0n) is 18.0. The van der Waals surface area contributed by atoms with E-state index in [9.17, 15) is 9.59 Å². The number of hydrogen-bond acceptors (Lipinski definition) is 5. The van der Waals surface area contributed by atoms with Gasteiger partial charge in [0.1, 0.15) is 17.0 Å². The van der Waals surface area contributed by atoms with Gasteiger partial charge in [0, 0.05) is 17.3 Å². The van der Waals surface area contributed by atoms with Crippen molar-refractivity contribution < 1.29 is 14.3 Å². The van der Waals surface area contributed by atoms with Crippen LogP contribution in [0.2, 0.25) is 0 Å². The van der Waals surface area contributed by atoms with Crippen LogP contribution in [0.5, 0.6) is 5.75 Å². The van der Waals surface area contributed by atoms with Crippen LogP contribution in [-0.2, 0) is 10.3 Å². The van der Waals surface area contributed by atoms with Gasteiger partial charge >= 0.3 is 0 Å². The summed E-state index contributed by atoms with van der Waals surface area (Å²) >= 11 is 0. The van der Waals surface area contributed by atoms with Gasteiger partial charge in [-0.2, -0.15) is 5.10 Å². The van der Waals surface area contributed by atoms with Gasteiger partial charge in [-0.25, -0.2) is 4.98 Å². The molecule has 0 radical (unpaired) electrons. The molecule has 0 fully saturated rings. The second-order valence-electron chi connectivity index (χ2n) is 7.76. The van der Waals surface area contributed by atoms with Crippen molar-refractivity contribution in [2.24, 2.45) is 0 Å². The second kappa shape index (κ2) is 8.50. The number of pyridine rings is 1. The van der Waals surface area contributed by atoms with Gasteiger partial charge in [-0.3, -0.25) is 14.3 Å². The number of benzene rings is 2. The number of fused-ring (bicyclic) bond motifs is 1. The van der Waals surface area contributed by atoms with Crippen LogP contribution in [0, 0.1) is 0 Å². The number of anilines is 2. The average Bonchev–Trinajstić information content (AvgIpc) is 3.28. The van der Waals surface area contributed by atoms with Crippen molar-refractivity contribution in [1.82, 2.24) is 14.8 Å². The number of nitrogens with one attached hydrogen (secondary N) is 2. The molecule has 0 aliphatic carbocycles. The maximum atomic E-state index is 12.9. The summed E-state index contributed by atoms with van der Waals surface area (Å²) in [6.07, 6.45) is 3.12. The van der Waals surface area contributed by atoms with Crippen molar-refractivity contribution in [3.8, 4) is 5.75 Å². The van der Waals surface area contributed by atoms with Gasteiger partial charge in [0.15, 0.2) is 0 Å². The molecule has 2 amide bonds. The predicted octanol–water partition coefficient (Wildman–Crippen LogP) is 4.07. The maximum absolute atomic E-state index is 12.9. The molecule has 2 aromatic carbocycles. The summed E-state index contributed by atoms with van der Waals surface area (Å²) in [6, 6.07) is 18.2. The summed E-state index contributed by atoms with van der Waals surface area (Å²) in [6.45, 7) is 3.49. The largest absolute Gasteiger partial charge is 0.497 e. The van der Waals surface area contributed by atoms with Gasteiger partial charge in [0.2, 0.25) is 0 Å². The first kappa shape index (κ1) is 21.0. The van der Waals surface area contributed by atoms with E-state index in [0.29, 0.717) is 22.8 Å². The fourth-order valence-electron chi connectivity index (χ4n) is 3.14. The molecule has 0 aliphatic rings. The summed E-state index contributed by atoms with van der Waals surface area (Å²) in [4.78, 5) is 29.9. The van der Waals surface area contributed by atoms with Gasteiger partial charge in [-0.15, -0.1) is 0 Å². The van der Waals surface area contributed by atoms with Crippen molar-refractivity contribution in [2.75, 3.05) is 17.7 Å².